The van der Waals surface area contributed by atoms with Crippen LogP contribution >= 0.6 is 23.2 Å². The van der Waals surface area contributed by atoms with Crippen molar-refractivity contribution < 1.29 is 9.84 Å². The van der Waals surface area contributed by atoms with E-state index in [1.807, 2.05) is 18.2 Å². The first-order chi connectivity index (χ1) is 14.8. The fraction of sp³-hybridized carbons (Fsp3) is 0.556. The van der Waals surface area contributed by atoms with Crippen molar-refractivity contribution in [1.29, 1.82) is 0 Å². The van der Waals surface area contributed by atoms with Gasteiger partial charge in [-0.05, 0) is 29.5 Å². The van der Waals surface area contributed by atoms with Gasteiger partial charge >= 0.3 is 0 Å². The smallest absolute Gasteiger partial charge is 0.0717 e. The number of hydrogen-bond donors (Lipinski definition) is 1. The van der Waals surface area contributed by atoms with Gasteiger partial charge in [-0.15, -0.1) is 23.2 Å². The lowest BCUT2D eigenvalue weighted by atomic mass is 9.76. The van der Waals surface area contributed by atoms with E-state index < -0.39 is 0 Å². The standard InChI is InChI=1S/C27H36Cl2O2/c1-4-5-11-25(30)27(2,3)21-14-12-20(13-15-21)26-22(23(28)16-24(26)29)18-31-17-19-9-7-6-8-10-19/h6-10,12-15,22-26,30H,4-5,11,16-18H2,1-3H3. The molecule has 5 atom stereocenters. The summed E-state index contributed by atoms with van der Waals surface area (Å²) >= 11 is 13.5. The van der Waals surface area contributed by atoms with Crippen LogP contribution in [0.25, 0.3) is 0 Å². The largest absolute Gasteiger partial charge is 0.392 e. The summed E-state index contributed by atoms with van der Waals surface area (Å²) in [7, 11) is 0. The van der Waals surface area contributed by atoms with Crippen LogP contribution in [0, 0.1) is 5.92 Å². The van der Waals surface area contributed by atoms with Crippen molar-refractivity contribution in [3.63, 3.8) is 0 Å². The lowest BCUT2D eigenvalue weighted by molar-refractivity contribution is 0.0846. The molecule has 0 spiro atoms. The summed E-state index contributed by atoms with van der Waals surface area (Å²) < 4.78 is 6.04. The monoisotopic (exact) mass is 462 g/mol. The molecule has 31 heavy (non-hydrogen) atoms. The van der Waals surface area contributed by atoms with E-state index in [4.69, 9.17) is 27.9 Å². The van der Waals surface area contributed by atoms with Gasteiger partial charge in [0.2, 0.25) is 0 Å². The topological polar surface area (TPSA) is 29.5 Å². The van der Waals surface area contributed by atoms with E-state index in [0.717, 1.165) is 31.2 Å². The number of unbranched alkanes of at least 4 members (excludes halogenated alkanes) is 1. The summed E-state index contributed by atoms with van der Waals surface area (Å²) in [5, 5.41) is 10.7. The third kappa shape index (κ3) is 6.05. The van der Waals surface area contributed by atoms with Gasteiger partial charge in [-0.1, -0.05) is 88.2 Å². The van der Waals surface area contributed by atoms with E-state index in [1.54, 1.807) is 0 Å². The lowest BCUT2D eigenvalue weighted by Gasteiger charge is -2.32. The minimum absolute atomic E-state index is 0.00169. The van der Waals surface area contributed by atoms with Crippen LogP contribution in [0.15, 0.2) is 54.6 Å². The zero-order chi connectivity index (χ0) is 22.4. The molecule has 0 aromatic heterocycles. The van der Waals surface area contributed by atoms with Gasteiger partial charge in [-0.2, -0.15) is 0 Å². The molecular weight excluding hydrogens is 427 g/mol. The number of aliphatic hydroxyl groups is 1. The first-order valence-electron chi connectivity index (χ1n) is 11.5. The van der Waals surface area contributed by atoms with Crippen molar-refractivity contribution in [2.45, 2.75) is 81.3 Å². The summed E-state index contributed by atoms with van der Waals surface area (Å²) in [5.74, 6) is 0.351. The second-order valence-corrected chi connectivity index (χ2v) is 10.6. The molecule has 2 aromatic carbocycles. The summed E-state index contributed by atoms with van der Waals surface area (Å²) in [6.07, 6.45) is 3.40. The molecule has 2 nitrogen and oxygen atoms in total. The van der Waals surface area contributed by atoms with Crippen LogP contribution in [-0.2, 0) is 16.8 Å². The number of alkyl halides is 2. The van der Waals surface area contributed by atoms with Crippen molar-refractivity contribution in [1.82, 2.24) is 0 Å². The molecule has 2 aromatic rings. The molecule has 0 bridgehead atoms. The Kier molecular flexibility index (Phi) is 8.87. The second-order valence-electron chi connectivity index (χ2n) is 9.46. The highest BCUT2D eigenvalue weighted by molar-refractivity contribution is 6.25. The van der Waals surface area contributed by atoms with Gasteiger partial charge in [-0.3, -0.25) is 0 Å². The highest BCUT2D eigenvalue weighted by atomic mass is 35.5. The molecule has 4 heteroatoms. The van der Waals surface area contributed by atoms with Crippen molar-refractivity contribution in [2.24, 2.45) is 5.92 Å². The molecule has 0 saturated heterocycles. The van der Waals surface area contributed by atoms with Crippen LogP contribution in [-0.4, -0.2) is 28.6 Å². The molecule has 0 aliphatic heterocycles. The van der Waals surface area contributed by atoms with E-state index in [0.29, 0.717) is 13.2 Å². The van der Waals surface area contributed by atoms with Gasteiger partial charge in [-0.25, -0.2) is 0 Å². The Morgan fingerprint density at radius 3 is 2.35 bits per heavy atom. The Morgan fingerprint density at radius 1 is 1.03 bits per heavy atom. The zero-order valence-electron chi connectivity index (χ0n) is 18.9. The van der Waals surface area contributed by atoms with Crippen LogP contribution in [0.3, 0.4) is 0 Å². The van der Waals surface area contributed by atoms with E-state index >= 15 is 0 Å². The molecule has 1 saturated carbocycles. The molecule has 0 amide bonds. The average Bonchev–Trinajstić information content (AvgIpc) is 3.05. The highest BCUT2D eigenvalue weighted by Crippen LogP contribution is 2.46. The van der Waals surface area contributed by atoms with Crippen LogP contribution in [0.1, 0.15) is 69.1 Å². The Balaban J connectivity index is 1.69. The normalized spacial score (nSPS) is 25.0. The van der Waals surface area contributed by atoms with Gasteiger partial charge in [0.05, 0.1) is 19.3 Å². The van der Waals surface area contributed by atoms with Gasteiger partial charge < -0.3 is 9.84 Å². The average molecular weight is 463 g/mol. The number of hydrogen-bond acceptors (Lipinski definition) is 2. The molecule has 1 aliphatic carbocycles. The maximum Gasteiger partial charge on any atom is 0.0717 e. The predicted octanol–water partition coefficient (Wildman–Crippen LogP) is 7.05. The third-order valence-electron chi connectivity index (χ3n) is 6.89. The van der Waals surface area contributed by atoms with Crippen LogP contribution in [0.5, 0.6) is 0 Å². The number of rotatable bonds is 10. The van der Waals surface area contributed by atoms with Gasteiger partial charge in [0, 0.05) is 28.0 Å². The Bertz CT molecular complexity index is 791. The SMILES string of the molecule is CCCCC(O)C(C)(C)c1ccc(C2C(Cl)CC(Cl)C2COCc2ccccc2)cc1. The maximum atomic E-state index is 10.7. The molecule has 0 radical (unpaired) electrons. The van der Waals surface area contributed by atoms with E-state index in [-0.39, 0.29) is 34.1 Å². The summed E-state index contributed by atoms with van der Waals surface area (Å²) in [6.45, 7) is 7.58. The summed E-state index contributed by atoms with van der Waals surface area (Å²) in [4.78, 5) is 0. The molecule has 3 rings (SSSR count). The number of aliphatic hydroxyl groups excluding tert-OH is 1. The fourth-order valence-corrected chi connectivity index (χ4v) is 5.70. The van der Waals surface area contributed by atoms with E-state index in [1.165, 1.54) is 11.1 Å². The lowest BCUT2D eigenvalue weighted by Crippen LogP contribution is -2.33. The van der Waals surface area contributed by atoms with Crippen molar-refractivity contribution in [3.05, 3.63) is 71.3 Å². The second kappa shape index (κ2) is 11.2. The minimum atomic E-state index is -0.350. The summed E-state index contributed by atoms with van der Waals surface area (Å²) in [6, 6.07) is 18.9. The van der Waals surface area contributed by atoms with Crippen molar-refractivity contribution in [3.8, 4) is 0 Å². The first kappa shape index (κ1) is 24.6. The fourth-order valence-electron chi connectivity index (χ4n) is 4.67. The van der Waals surface area contributed by atoms with Gasteiger partial charge in [0.25, 0.3) is 0 Å². The molecule has 1 fully saturated rings. The quantitative estimate of drug-likeness (QED) is 0.383. The highest BCUT2D eigenvalue weighted by Gasteiger charge is 2.42. The Hall–Kier alpha value is -1.06. The van der Waals surface area contributed by atoms with Crippen LogP contribution in [0.4, 0.5) is 0 Å². The predicted molar refractivity (Wildman–Crippen MR) is 131 cm³/mol. The molecule has 5 unspecified atom stereocenters. The molecule has 0 heterocycles. The summed E-state index contributed by atoms with van der Waals surface area (Å²) in [5.41, 5.74) is 3.25. The molecule has 1 N–H and O–H groups in total. The first-order valence-corrected chi connectivity index (χ1v) is 12.4. The van der Waals surface area contributed by atoms with Gasteiger partial charge in [0.15, 0.2) is 0 Å². The van der Waals surface area contributed by atoms with Crippen LogP contribution in [0.2, 0.25) is 0 Å². The van der Waals surface area contributed by atoms with Crippen molar-refractivity contribution >= 4 is 23.2 Å². The molecule has 1 aliphatic rings. The van der Waals surface area contributed by atoms with Crippen LogP contribution < -0.4 is 0 Å². The number of halogens is 2. The molecular formula is C27H36Cl2O2. The number of benzene rings is 2. The molecule has 170 valence electrons. The number of ether oxygens (including phenoxy) is 1. The van der Waals surface area contributed by atoms with E-state index in [2.05, 4.69) is 57.2 Å². The van der Waals surface area contributed by atoms with Gasteiger partial charge in [0.1, 0.15) is 0 Å². The Morgan fingerprint density at radius 2 is 1.71 bits per heavy atom. The third-order valence-corrected chi connectivity index (χ3v) is 7.84. The zero-order valence-corrected chi connectivity index (χ0v) is 20.4. The Labute approximate surface area is 197 Å². The maximum absolute atomic E-state index is 10.7. The minimum Gasteiger partial charge on any atom is -0.392 e. The van der Waals surface area contributed by atoms with E-state index in [9.17, 15) is 5.11 Å². The van der Waals surface area contributed by atoms with Crippen molar-refractivity contribution in [2.75, 3.05) is 6.61 Å².